The summed E-state index contributed by atoms with van der Waals surface area (Å²) < 4.78 is 0. The van der Waals surface area contributed by atoms with Gasteiger partial charge in [0, 0.05) is 11.8 Å². The van der Waals surface area contributed by atoms with Crippen LogP contribution in [0.5, 0.6) is 0 Å². The second kappa shape index (κ2) is 6.00. The molecule has 1 amide bonds. The number of rotatable bonds is 4. The van der Waals surface area contributed by atoms with Crippen LogP contribution in [-0.4, -0.2) is 10.9 Å². The molecule has 0 spiro atoms. The zero-order valence-corrected chi connectivity index (χ0v) is 10.8. The molecule has 2 rings (SSSR count). The smallest absolute Gasteiger partial charge is 0.272 e. The number of H-pyrrole nitrogens is 1. The van der Waals surface area contributed by atoms with Crippen molar-refractivity contribution in [2.75, 3.05) is 5.32 Å². The second-order valence-electron chi connectivity index (χ2n) is 4.33. The molecule has 0 saturated heterocycles. The Balaban J connectivity index is 2.08. The molecule has 2 N–H and O–H groups in total. The molecule has 19 heavy (non-hydrogen) atoms. The van der Waals surface area contributed by atoms with E-state index in [4.69, 9.17) is 0 Å². The van der Waals surface area contributed by atoms with Gasteiger partial charge in [-0.3, -0.25) is 9.59 Å². The van der Waals surface area contributed by atoms with E-state index < -0.39 is 0 Å². The predicted molar refractivity (Wildman–Crippen MR) is 75.5 cm³/mol. The van der Waals surface area contributed by atoms with Gasteiger partial charge >= 0.3 is 0 Å². The number of aryl methyl sites for hydroxylation is 1. The Bertz CT molecular complexity index is 615. The SMILES string of the molecule is CCCc1ccc(NC(=O)c2cccc(=O)[nH]2)cc1. The third-order valence-corrected chi connectivity index (χ3v) is 2.76. The van der Waals surface area contributed by atoms with Crippen LogP contribution in [-0.2, 0) is 6.42 Å². The molecule has 1 aromatic carbocycles. The first kappa shape index (κ1) is 13.1. The van der Waals surface area contributed by atoms with Gasteiger partial charge in [0.25, 0.3) is 5.91 Å². The number of hydrogen-bond donors (Lipinski definition) is 2. The van der Waals surface area contributed by atoms with Crippen LogP contribution in [0.4, 0.5) is 5.69 Å². The fourth-order valence-corrected chi connectivity index (χ4v) is 1.82. The van der Waals surface area contributed by atoms with Crippen molar-refractivity contribution in [2.24, 2.45) is 0 Å². The minimum absolute atomic E-state index is 0.255. The van der Waals surface area contributed by atoms with Crippen molar-refractivity contribution in [1.29, 1.82) is 0 Å². The average Bonchev–Trinajstić information content (AvgIpc) is 2.41. The third kappa shape index (κ3) is 3.55. The van der Waals surface area contributed by atoms with Crippen LogP contribution in [0, 0.1) is 0 Å². The van der Waals surface area contributed by atoms with Gasteiger partial charge in [0.05, 0.1) is 0 Å². The van der Waals surface area contributed by atoms with Crippen LogP contribution < -0.4 is 10.9 Å². The minimum Gasteiger partial charge on any atom is -0.321 e. The number of pyridine rings is 1. The second-order valence-corrected chi connectivity index (χ2v) is 4.33. The number of carbonyl (C=O) groups is 1. The van der Waals surface area contributed by atoms with E-state index in [0.29, 0.717) is 0 Å². The highest BCUT2D eigenvalue weighted by molar-refractivity contribution is 6.02. The van der Waals surface area contributed by atoms with Gasteiger partial charge in [0.2, 0.25) is 5.56 Å². The van der Waals surface area contributed by atoms with Gasteiger partial charge in [-0.15, -0.1) is 0 Å². The van der Waals surface area contributed by atoms with E-state index in [1.165, 1.54) is 11.6 Å². The van der Waals surface area contributed by atoms with Gasteiger partial charge in [-0.05, 0) is 30.2 Å². The first-order valence-electron chi connectivity index (χ1n) is 6.28. The number of amides is 1. The summed E-state index contributed by atoms with van der Waals surface area (Å²) in [6.45, 7) is 2.13. The van der Waals surface area contributed by atoms with Gasteiger partial charge < -0.3 is 10.3 Å². The van der Waals surface area contributed by atoms with E-state index in [-0.39, 0.29) is 17.2 Å². The number of anilines is 1. The van der Waals surface area contributed by atoms with Gasteiger partial charge in [0.1, 0.15) is 5.69 Å². The summed E-state index contributed by atoms with van der Waals surface area (Å²) in [5.74, 6) is -0.319. The topological polar surface area (TPSA) is 62.0 Å². The van der Waals surface area contributed by atoms with E-state index in [0.717, 1.165) is 18.5 Å². The summed E-state index contributed by atoms with van der Waals surface area (Å²) in [6.07, 6.45) is 2.12. The summed E-state index contributed by atoms with van der Waals surface area (Å²) in [4.78, 5) is 25.5. The lowest BCUT2D eigenvalue weighted by atomic mass is 10.1. The first-order valence-corrected chi connectivity index (χ1v) is 6.28. The molecular weight excluding hydrogens is 240 g/mol. The lowest BCUT2D eigenvalue weighted by Crippen LogP contribution is -2.17. The summed E-state index contributed by atoms with van der Waals surface area (Å²) >= 11 is 0. The van der Waals surface area contributed by atoms with E-state index >= 15 is 0 Å². The molecule has 0 fully saturated rings. The van der Waals surface area contributed by atoms with Crippen LogP contribution in [0.15, 0.2) is 47.3 Å². The van der Waals surface area contributed by atoms with E-state index in [9.17, 15) is 9.59 Å². The molecule has 0 radical (unpaired) electrons. The van der Waals surface area contributed by atoms with Gasteiger partial charge in [-0.25, -0.2) is 0 Å². The van der Waals surface area contributed by atoms with Crippen molar-refractivity contribution in [3.63, 3.8) is 0 Å². The summed E-state index contributed by atoms with van der Waals surface area (Å²) in [6, 6.07) is 12.2. The van der Waals surface area contributed by atoms with Crippen molar-refractivity contribution in [3.05, 3.63) is 64.1 Å². The summed E-state index contributed by atoms with van der Waals surface area (Å²) in [5, 5.41) is 2.75. The van der Waals surface area contributed by atoms with Crippen LogP contribution >= 0.6 is 0 Å². The molecule has 4 heteroatoms. The highest BCUT2D eigenvalue weighted by atomic mass is 16.2. The molecule has 4 nitrogen and oxygen atoms in total. The Morgan fingerprint density at radius 2 is 1.89 bits per heavy atom. The number of nitrogens with one attached hydrogen (secondary N) is 2. The number of aromatic nitrogens is 1. The van der Waals surface area contributed by atoms with Crippen LogP contribution in [0.3, 0.4) is 0 Å². The Labute approximate surface area is 111 Å². The maximum absolute atomic E-state index is 11.9. The molecule has 0 saturated carbocycles. The number of carbonyl (C=O) groups excluding carboxylic acids is 1. The van der Waals surface area contributed by atoms with Crippen molar-refractivity contribution >= 4 is 11.6 Å². The van der Waals surface area contributed by atoms with Crippen molar-refractivity contribution in [3.8, 4) is 0 Å². The van der Waals surface area contributed by atoms with Gasteiger partial charge in [-0.1, -0.05) is 31.5 Å². The zero-order chi connectivity index (χ0) is 13.7. The molecule has 1 heterocycles. The zero-order valence-electron chi connectivity index (χ0n) is 10.8. The van der Waals surface area contributed by atoms with Crippen molar-refractivity contribution in [2.45, 2.75) is 19.8 Å². The standard InChI is InChI=1S/C15H16N2O2/c1-2-4-11-7-9-12(10-8-11)16-15(19)13-5-3-6-14(18)17-13/h3,5-10H,2,4H2,1H3,(H,16,19)(H,17,18). The number of aromatic amines is 1. The summed E-state index contributed by atoms with van der Waals surface area (Å²) in [5.41, 5.74) is 1.93. The molecule has 0 aliphatic rings. The predicted octanol–water partition coefficient (Wildman–Crippen LogP) is 2.58. The maximum atomic E-state index is 11.9. The van der Waals surface area contributed by atoms with Crippen LogP contribution in [0.25, 0.3) is 0 Å². The Morgan fingerprint density at radius 3 is 2.53 bits per heavy atom. The highest BCUT2D eigenvalue weighted by Gasteiger charge is 2.06. The van der Waals surface area contributed by atoms with Gasteiger partial charge in [-0.2, -0.15) is 0 Å². The lowest BCUT2D eigenvalue weighted by Gasteiger charge is -2.06. The fraction of sp³-hybridized carbons (Fsp3) is 0.200. The van der Waals surface area contributed by atoms with Crippen molar-refractivity contribution < 1.29 is 4.79 Å². The molecule has 0 aliphatic carbocycles. The van der Waals surface area contributed by atoms with Crippen LogP contribution in [0.1, 0.15) is 29.4 Å². The van der Waals surface area contributed by atoms with E-state index in [2.05, 4.69) is 17.2 Å². The quantitative estimate of drug-likeness (QED) is 0.883. The monoisotopic (exact) mass is 256 g/mol. The third-order valence-electron chi connectivity index (χ3n) is 2.76. The molecule has 1 aromatic heterocycles. The number of benzene rings is 1. The average molecular weight is 256 g/mol. The summed E-state index contributed by atoms with van der Waals surface area (Å²) in [7, 11) is 0. The Hall–Kier alpha value is -2.36. The van der Waals surface area contributed by atoms with Gasteiger partial charge in [0.15, 0.2) is 0 Å². The lowest BCUT2D eigenvalue weighted by molar-refractivity contribution is 0.102. The molecule has 0 aliphatic heterocycles. The molecule has 0 unspecified atom stereocenters. The Morgan fingerprint density at radius 1 is 1.16 bits per heavy atom. The van der Waals surface area contributed by atoms with E-state index in [1.54, 1.807) is 12.1 Å². The first-order chi connectivity index (χ1) is 9.19. The molecular formula is C15H16N2O2. The number of hydrogen-bond acceptors (Lipinski definition) is 2. The fourth-order valence-electron chi connectivity index (χ4n) is 1.82. The molecule has 2 aromatic rings. The largest absolute Gasteiger partial charge is 0.321 e. The molecule has 98 valence electrons. The van der Waals surface area contributed by atoms with Crippen LogP contribution in [0.2, 0.25) is 0 Å². The highest BCUT2D eigenvalue weighted by Crippen LogP contribution is 2.11. The maximum Gasteiger partial charge on any atom is 0.272 e. The molecule has 0 bridgehead atoms. The normalized spacial score (nSPS) is 10.2. The van der Waals surface area contributed by atoms with E-state index in [1.807, 2.05) is 24.3 Å². The minimum atomic E-state index is -0.319. The van der Waals surface area contributed by atoms with Crippen molar-refractivity contribution in [1.82, 2.24) is 4.98 Å². The molecule has 0 atom stereocenters. The Kier molecular flexibility index (Phi) is 4.13.